The van der Waals surface area contributed by atoms with Crippen molar-refractivity contribution >= 4 is 10.6 Å². The Morgan fingerprint density at radius 1 is 1.22 bits per heavy atom. The van der Waals surface area contributed by atoms with E-state index < -0.39 is 10.6 Å². The standard InChI is InChI=1S/C7H7N.C5H5N.O3S/c1-2-3-7-4-5-8-6-7;1-2-4-6-5-3-1;1-4(2)3/h1,4-6,8H,3H2;1-5H;. The lowest BCUT2D eigenvalue weighted by Gasteiger charge is -1.79. The molecule has 0 saturated carbocycles. The summed E-state index contributed by atoms with van der Waals surface area (Å²) in [6.07, 6.45) is 13.1. The molecule has 94 valence electrons. The van der Waals surface area contributed by atoms with Gasteiger partial charge in [-0.3, -0.25) is 4.98 Å². The third-order valence-electron chi connectivity index (χ3n) is 1.54. The second-order valence-corrected chi connectivity index (χ2v) is 3.24. The maximum absolute atomic E-state index is 8.44. The summed E-state index contributed by atoms with van der Waals surface area (Å²) in [5.41, 5.74) is 1.17. The molecule has 0 aliphatic heterocycles. The summed E-state index contributed by atoms with van der Waals surface area (Å²) in [6.45, 7) is 0. The molecule has 2 aromatic rings. The van der Waals surface area contributed by atoms with Crippen molar-refractivity contribution in [3.63, 3.8) is 0 Å². The van der Waals surface area contributed by atoms with Crippen molar-refractivity contribution in [2.24, 2.45) is 0 Å². The van der Waals surface area contributed by atoms with Gasteiger partial charge in [-0.05, 0) is 23.8 Å². The van der Waals surface area contributed by atoms with Gasteiger partial charge in [0.05, 0.1) is 0 Å². The number of nitrogens with zero attached hydrogens (tertiary/aromatic N) is 1. The van der Waals surface area contributed by atoms with Gasteiger partial charge in [0.15, 0.2) is 0 Å². The molecule has 0 saturated heterocycles. The lowest BCUT2D eigenvalue weighted by Crippen LogP contribution is -1.71. The smallest absolute Gasteiger partial charge is 0.367 e. The van der Waals surface area contributed by atoms with E-state index in [1.54, 1.807) is 12.4 Å². The zero-order valence-corrected chi connectivity index (χ0v) is 10.3. The van der Waals surface area contributed by atoms with E-state index in [2.05, 4.69) is 15.9 Å². The molecule has 0 spiro atoms. The number of pyridine rings is 1. The van der Waals surface area contributed by atoms with E-state index >= 15 is 0 Å². The number of aromatic amines is 1. The maximum atomic E-state index is 8.44. The van der Waals surface area contributed by atoms with E-state index in [9.17, 15) is 0 Å². The summed E-state index contributed by atoms with van der Waals surface area (Å²) in [7, 11) is -3.11. The highest BCUT2D eigenvalue weighted by Crippen LogP contribution is 1.94. The highest BCUT2D eigenvalue weighted by atomic mass is 32.2. The molecule has 0 fully saturated rings. The van der Waals surface area contributed by atoms with Crippen LogP contribution in [0.5, 0.6) is 0 Å². The molecule has 0 radical (unpaired) electrons. The van der Waals surface area contributed by atoms with Crippen molar-refractivity contribution in [3.05, 3.63) is 54.6 Å². The third kappa shape index (κ3) is 11.7. The van der Waals surface area contributed by atoms with Gasteiger partial charge in [0, 0.05) is 31.2 Å². The minimum absolute atomic E-state index is 0.726. The molecule has 0 aliphatic rings. The molecular formula is C12H12N2O3S. The first-order chi connectivity index (χ1) is 8.66. The van der Waals surface area contributed by atoms with Crippen LogP contribution in [0.1, 0.15) is 5.56 Å². The van der Waals surface area contributed by atoms with Gasteiger partial charge in [0.1, 0.15) is 0 Å². The average Bonchev–Trinajstić information content (AvgIpc) is 2.85. The maximum Gasteiger partial charge on any atom is 0.425 e. The summed E-state index contributed by atoms with van der Waals surface area (Å²) < 4.78 is 25.3. The molecule has 2 rings (SSSR count). The SMILES string of the molecule is C#CCc1cc[nH]c1.O=S(=O)=O.c1ccncc1. The first-order valence-electron chi connectivity index (χ1n) is 4.83. The van der Waals surface area contributed by atoms with Gasteiger partial charge in [0.25, 0.3) is 0 Å². The van der Waals surface area contributed by atoms with Gasteiger partial charge in [-0.2, -0.15) is 0 Å². The quantitative estimate of drug-likeness (QED) is 0.786. The van der Waals surface area contributed by atoms with Gasteiger partial charge in [0.2, 0.25) is 0 Å². The van der Waals surface area contributed by atoms with E-state index in [-0.39, 0.29) is 0 Å². The van der Waals surface area contributed by atoms with Crippen LogP contribution in [-0.4, -0.2) is 22.6 Å². The molecule has 2 aromatic heterocycles. The van der Waals surface area contributed by atoms with Crippen LogP contribution in [0.2, 0.25) is 0 Å². The van der Waals surface area contributed by atoms with Gasteiger partial charge < -0.3 is 4.98 Å². The molecule has 0 aliphatic carbocycles. The largest absolute Gasteiger partial charge is 0.425 e. The van der Waals surface area contributed by atoms with Crippen LogP contribution in [0.15, 0.2) is 49.1 Å². The van der Waals surface area contributed by atoms with Crippen molar-refractivity contribution in [2.45, 2.75) is 6.42 Å². The van der Waals surface area contributed by atoms with Crippen molar-refractivity contribution in [3.8, 4) is 12.3 Å². The first kappa shape index (κ1) is 15.6. The second kappa shape index (κ2) is 11.1. The Bertz CT molecular complexity index is 509. The third-order valence-corrected chi connectivity index (χ3v) is 1.54. The Kier molecular flexibility index (Phi) is 9.63. The Morgan fingerprint density at radius 3 is 2.11 bits per heavy atom. The van der Waals surface area contributed by atoms with Crippen LogP contribution in [0.25, 0.3) is 0 Å². The van der Waals surface area contributed by atoms with Gasteiger partial charge in [-0.25, -0.2) is 0 Å². The van der Waals surface area contributed by atoms with Crippen LogP contribution in [0.3, 0.4) is 0 Å². The molecule has 1 N–H and O–H groups in total. The molecule has 2 heterocycles. The van der Waals surface area contributed by atoms with Crippen LogP contribution < -0.4 is 0 Å². The summed E-state index contributed by atoms with van der Waals surface area (Å²) in [6, 6.07) is 7.69. The fourth-order valence-electron chi connectivity index (χ4n) is 0.899. The molecule has 0 bridgehead atoms. The van der Waals surface area contributed by atoms with Crippen LogP contribution >= 0.6 is 0 Å². The zero-order chi connectivity index (χ0) is 13.6. The Hall–Kier alpha value is -2.39. The molecule has 0 unspecified atom stereocenters. The molecule has 5 nitrogen and oxygen atoms in total. The zero-order valence-electron chi connectivity index (χ0n) is 9.48. The average molecular weight is 264 g/mol. The fourth-order valence-corrected chi connectivity index (χ4v) is 0.899. The number of rotatable bonds is 1. The highest BCUT2D eigenvalue weighted by Gasteiger charge is 1.84. The Labute approximate surface area is 107 Å². The Morgan fingerprint density at radius 2 is 1.83 bits per heavy atom. The summed E-state index contributed by atoms with van der Waals surface area (Å²) in [5.74, 6) is 2.55. The molecule has 18 heavy (non-hydrogen) atoms. The second-order valence-electron chi connectivity index (χ2n) is 2.83. The minimum Gasteiger partial charge on any atom is -0.367 e. The monoisotopic (exact) mass is 264 g/mol. The predicted molar refractivity (Wildman–Crippen MR) is 67.3 cm³/mol. The number of hydrogen-bond acceptors (Lipinski definition) is 4. The number of nitrogens with one attached hydrogen (secondary N) is 1. The van der Waals surface area contributed by atoms with E-state index in [1.165, 1.54) is 5.56 Å². The minimum atomic E-state index is -3.11. The van der Waals surface area contributed by atoms with Crippen molar-refractivity contribution in [1.29, 1.82) is 0 Å². The van der Waals surface area contributed by atoms with E-state index in [4.69, 9.17) is 19.1 Å². The Balaban J connectivity index is 0.000000257. The van der Waals surface area contributed by atoms with Crippen molar-refractivity contribution in [1.82, 2.24) is 9.97 Å². The molecular weight excluding hydrogens is 252 g/mol. The summed E-state index contributed by atoms with van der Waals surface area (Å²) >= 11 is 0. The molecule has 0 aromatic carbocycles. The molecule has 0 amide bonds. The van der Waals surface area contributed by atoms with Crippen molar-refractivity contribution < 1.29 is 12.6 Å². The summed E-state index contributed by atoms with van der Waals surface area (Å²) in [5, 5.41) is 0. The normalized spacial score (nSPS) is 7.72. The van der Waals surface area contributed by atoms with E-state index in [1.807, 2.05) is 36.7 Å². The lowest BCUT2D eigenvalue weighted by atomic mass is 10.3. The van der Waals surface area contributed by atoms with Crippen LogP contribution in [0.4, 0.5) is 0 Å². The van der Waals surface area contributed by atoms with E-state index in [0.717, 1.165) is 6.42 Å². The topological polar surface area (TPSA) is 79.9 Å². The number of H-pyrrole nitrogens is 1. The first-order valence-corrected chi connectivity index (χ1v) is 5.83. The van der Waals surface area contributed by atoms with Crippen LogP contribution in [0, 0.1) is 12.3 Å². The highest BCUT2D eigenvalue weighted by molar-refractivity contribution is 7.59. The number of aromatic nitrogens is 2. The molecule has 0 atom stereocenters. The van der Waals surface area contributed by atoms with E-state index in [0.29, 0.717) is 0 Å². The van der Waals surface area contributed by atoms with Gasteiger partial charge in [-0.15, -0.1) is 25.0 Å². The summed E-state index contributed by atoms with van der Waals surface area (Å²) in [4.78, 5) is 6.70. The number of terminal acetylenes is 1. The fraction of sp³-hybridized carbons (Fsp3) is 0.0833. The van der Waals surface area contributed by atoms with Crippen LogP contribution in [-0.2, 0) is 17.0 Å². The lowest BCUT2D eigenvalue weighted by molar-refractivity contribution is 0.559. The van der Waals surface area contributed by atoms with Crippen molar-refractivity contribution in [2.75, 3.05) is 0 Å². The van der Waals surface area contributed by atoms with Gasteiger partial charge in [-0.1, -0.05) is 6.07 Å². The number of hydrogen-bond donors (Lipinski definition) is 1. The predicted octanol–water partition coefficient (Wildman–Crippen LogP) is 1.27. The van der Waals surface area contributed by atoms with Gasteiger partial charge >= 0.3 is 10.6 Å². The molecule has 6 heteroatoms.